The summed E-state index contributed by atoms with van der Waals surface area (Å²) >= 11 is 0. The van der Waals surface area contributed by atoms with Gasteiger partial charge in [0.1, 0.15) is 11.4 Å². The van der Waals surface area contributed by atoms with Crippen molar-refractivity contribution in [3.63, 3.8) is 0 Å². The molecular formula is C16H21N7O. The van der Waals surface area contributed by atoms with Crippen LogP contribution in [0.5, 0.6) is 0 Å². The number of carbonyl (C=O) groups is 1. The van der Waals surface area contributed by atoms with E-state index in [-0.39, 0.29) is 12.0 Å². The van der Waals surface area contributed by atoms with Crippen LogP contribution in [-0.2, 0) is 23.8 Å². The van der Waals surface area contributed by atoms with Crippen molar-refractivity contribution in [3.05, 3.63) is 30.2 Å². The Morgan fingerprint density at radius 1 is 1.38 bits per heavy atom. The van der Waals surface area contributed by atoms with E-state index in [4.69, 9.17) is 5.73 Å². The Morgan fingerprint density at radius 3 is 2.71 bits per heavy atom. The number of aromatic amines is 1. The first-order valence-electron chi connectivity index (χ1n) is 7.68. The first kappa shape index (κ1) is 16.0. The standard InChI is InChI=1S/C16H21N7O/c1-16(2,3)23-15(18-14(21-23)9-13(17)24)11-8-10(19-20-11)12-6-5-7-22(12)4/h5-8H,9H2,1-4H3,(H2,17,24)(H,19,20). The second kappa shape index (κ2) is 5.63. The lowest BCUT2D eigenvalue weighted by atomic mass is 10.1. The van der Waals surface area contributed by atoms with Gasteiger partial charge < -0.3 is 10.3 Å². The zero-order chi connectivity index (χ0) is 17.5. The van der Waals surface area contributed by atoms with E-state index in [1.165, 1.54) is 0 Å². The summed E-state index contributed by atoms with van der Waals surface area (Å²) in [4.78, 5) is 15.7. The Labute approximate surface area is 139 Å². The summed E-state index contributed by atoms with van der Waals surface area (Å²) in [7, 11) is 1.96. The van der Waals surface area contributed by atoms with Gasteiger partial charge in [0.2, 0.25) is 5.91 Å². The molecule has 0 aromatic carbocycles. The van der Waals surface area contributed by atoms with E-state index in [1.807, 2.05) is 56.8 Å². The number of primary amides is 1. The quantitative estimate of drug-likeness (QED) is 0.756. The molecule has 0 aliphatic carbocycles. The molecule has 3 aromatic heterocycles. The molecule has 3 rings (SSSR count). The SMILES string of the molecule is Cn1cccc1-c1cc(-c2nc(CC(N)=O)nn2C(C)(C)C)[nH]n1. The molecule has 0 atom stereocenters. The van der Waals surface area contributed by atoms with Crippen molar-refractivity contribution < 1.29 is 4.79 Å². The molecular weight excluding hydrogens is 306 g/mol. The highest BCUT2D eigenvalue weighted by molar-refractivity contribution is 5.75. The van der Waals surface area contributed by atoms with Gasteiger partial charge in [-0.2, -0.15) is 10.2 Å². The summed E-state index contributed by atoms with van der Waals surface area (Å²) in [6.07, 6.45) is 1.97. The summed E-state index contributed by atoms with van der Waals surface area (Å²) < 4.78 is 3.78. The first-order chi connectivity index (χ1) is 11.3. The van der Waals surface area contributed by atoms with E-state index in [9.17, 15) is 4.79 Å². The van der Waals surface area contributed by atoms with Gasteiger partial charge in [-0.1, -0.05) is 0 Å². The maximum Gasteiger partial charge on any atom is 0.225 e. The predicted octanol–water partition coefficient (Wildman–Crippen LogP) is 1.46. The minimum Gasteiger partial charge on any atom is -0.369 e. The van der Waals surface area contributed by atoms with Gasteiger partial charge in [-0.25, -0.2) is 9.67 Å². The van der Waals surface area contributed by atoms with E-state index >= 15 is 0 Å². The number of aromatic nitrogens is 6. The van der Waals surface area contributed by atoms with Crippen LogP contribution in [0, 0.1) is 0 Å². The van der Waals surface area contributed by atoms with Crippen molar-refractivity contribution in [2.24, 2.45) is 12.8 Å². The van der Waals surface area contributed by atoms with Crippen LogP contribution in [0.4, 0.5) is 0 Å². The number of nitrogens with zero attached hydrogens (tertiary/aromatic N) is 5. The monoisotopic (exact) mass is 327 g/mol. The van der Waals surface area contributed by atoms with Crippen molar-refractivity contribution >= 4 is 5.91 Å². The summed E-state index contributed by atoms with van der Waals surface area (Å²) in [6.45, 7) is 6.06. The largest absolute Gasteiger partial charge is 0.369 e. The molecule has 0 fully saturated rings. The van der Waals surface area contributed by atoms with Gasteiger partial charge >= 0.3 is 0 Å². The molecule has 3 aromatic rings. The average molecular weight is 327 g/mol. The summed E-state index contributed by atoms with van der Waals surface area (Å²) in [5.41, 5.74) is 7.52. The molecule has 0 spiro atoms. The lowest BCUT2D eigenvalue weighted by Crippen LogP contribution is -2.24. The molecule has 0 saturated carbocycles. The van der Waals surface area contributed by atoms with Crippen molar-refractivity contribution in [2.75, 3.05) is 0 Å². The number of hydrogen-bond donors (Lipinski definition) is 2. The van der Waals surface area contributed by atoms with Crippen LogP contribution >= 0.6 is 0 Å². The topological polar surface area (TPSA) is 107 Å². The van der Waals surface area contributed by atoms with Gasteiger partial charge in [0.05, 0.1) is 17.7 Å². The van der Waals surface area contributed by atoms with E-state index < -0.39 is 5.91 Å². The Balaban J connectivity index is 2.05. The molecule has 8 nitrogen and oxygen atoms in total. The zero-order valence-corrected chi connectivity index (χ0v) is 14.2. The van der Waals surface area contributed by atoms with E-state index in [0.29, 0.717) is 11.6 Å². The number of hydrogen-bond acceptors (Lipinski definition) is 4. The van der Waals surface area contributed by atoms with Crippen molar-refractivity contribution in [1.82, 2.24) is 29.5 Å². The van der Waals surface area contributed by atoms with Crippen molar-refractivity contribution in [3.8, 4) is 22.9 Å². The number of carbonyl (C=O) groups excluding carboxylic acids is 1. The van der Waals surface area contributed by atoms with Gasteiger partial charge in [0.15, 0.2) is 11.6 Å². The summed E-state index contributed by atoms with van der Waals surface area (Å²) in [6, 6.07) is 5.88. The highest BCUT2D eigenvalue weighted by Crippen LogP contribution is 2.26. The van der Waals surface area contributed by atoms with E-state index in [0.717, 1.165) is 17.1 Å². The molecule has 3 heterocycles. The first-order valence-corrected chi connectivity index (χ1v) is 7.68. The van der Waals surface area contributed by atoms with E-state index in [1.54, 1.807) is 4.68 Å². The third kappa shape index (κ3) is 2.94. The Hall–Kier alpha value is -2.90. The number of rotatable bonds is 4. The fraction of sp³-hybridized carbons (Fsp3) is 0.375. The molecule has 0 saturated heterocycles. The van der Waals surface area contributed by atoms with Crippen molar-refractivity contribution in [1.29, 1.82) is 0 Å². The molecule has 1 amide bonds. The highest BCUT2D eigenvalue weighted by atomic mass is 16.1. The van der Waals surface area contributed by atoms with Gasteiger partial charge in [-0.05, 0) is 39.0 Å². The fourth-order valence-electron chi connectivity index (χ4n) is 2.52. The third-order valence-corrected chi connectivity index (χ3v) is 3.64. The van der Waals surface area contributed by atoms with E-state index in [2.05, 4.69) is 20.3 Å². The zero-order valence-electron chi connectivity index (χ0n) is 14.2. The average Bonchev–Trinajstić information content (AvgIpc) is 3.14. The molecule has 0 aliphatic rings. The highest BCUT2D eigenvalue weighted by Gasteiger charge is 2.24. The fourth-order valence-corrected chi connectivity index (χ4v) is 2.52. The van der Waals surface area contributed by atoms with Crippen LogP contribution < -0.4 is 5.73 Å². The third-order valence-electron chi connectivity index (χ3n) is 3.64. The lowest BCUT2D eigenvalue weighted by molar-refractivity contribution is -0.117. The number of H-pyrrole nitrogens is 1. The minimum atomic E-state index is -0.457. The molecule has 3 N–H and O–H groups in total. The van der Waals surface area contributed by atoms with Gasteiger partial charge in [-0.15, -0.1) is 0 Å². The molecule has 8 heteroatoms. The summed E-state index contributed by atoms with van der Waals surface area (Å²) in [5, 5.41) is 11.8. The molecule has 0 aliphatic heterocycles. The lowest BCUT2D eigenvalue weighted by Gasteiger charge is -2.20. The van der Waals surface area contributed by atoms with Crippen LogP contribution in [0.25, 0.3) is 22.9 Å². The van der Waals surface area contributed by atoms with Crippen LogP contribution in [0.15, 0.2) is 24.4 Å². The smallest absolute Gasteiger partial charge is 0.225 e. The number of aryl methyl sites for hydroxylation is 1. The Morgan fingerprint density at radius 2 is 2.12 bits per heavy atom. The molecule has 126 valence electrons. The van der Waals surface area contributed by atoms with Crippen LogP contribution in [0.2, 0.25) is 0 Å². The minimum absolute atomic E-state index is 0.00881. The van der Waals surface area contributed by atoms with Crippen molar-refractivity contribution in [2.45, 2.75) is 32.7 Å². The Bertz CT molecular complexity index is 879. The normalized spacial score (nSPS) is 11.8. The molecule has 0 unspecified atom stereocenters. The summed E-state index contributed by atoms with van der Waals surface area (Å²) in [5.74, 6) is 0.580. The van der Waals surface area contributed by atoms with Gasteiger partial charge in [0.25, 0.3) is 0 Å². The molecule has 0 bridgehead atoms. The Kier molecular flexibility index (Phi) is 3.75. The van der Waals surface area contributed by atoms with Crippen LogP contribution in [-0.4, -0.2) is 35.4 Å². The second-order valence-corrected chi connectivity index (χ2v) is 6.75. The van der Waals surface area contributed by atoms with Crippen LogP contribution in [0.1, 0.15) is 26.6 Å². The van der Waals surface area contributed by atoms with Crippen LogP contribution in [0.3, 0.4) is 0 Å². The number of nitrogens with two attached hydrogens (primary N) is 1. The predicted molar refractivity (Wildman–Crippen MR) is 89.9 cm³/mol. The second-order valence-electron chi connectivity index (χ2n) is 6.75. The maximum absolute atomic E-state index is 11.2. The van der Waals surface area contributed by atoms with Gasteiger partial charge in [0, 0.05) is 13.2 Å². The van der Waals surface area contributed by atoms with Gasteiger partial charge in [-0.3, -0.25) is 9.89 Å². The molecule has 24 heavy (non-hydrogen) atoms. The molecule has 0 radical (unpaired) electrons. The number of nitrogens with one attached hydrogen (secondary N) is 1. The number of amides is 1. The maximum atomic E-state index is 11.2.